The Morgan fingerprint density at radius 3 is 2.46 bits per heavy atom. The van der Waals surface area contributed by atoms with Gasteiger partial charge in [0.2, 0.25) is 5.91 Å². The Kier molecular flexibility index (Phi) is 10.6. The first-order valence-corrected chi connectivity index (χ1v) is 7.88. The highest BCUT2D eigenvalue weighted by Gasteiger charge is 2.20. The van der Waals surface area contributed by atoms with Gasteiger partial charge in [0.1, 0.15) is 5.82 Å². The van der Waals surface area contributed by atoms with Crippen LogP contribution >= 0.6 is 24.0 Å². The maximum absolute atomic E-state index is 13.4. The third kappa shape index (κ3) is 8.47. The highest BCUT2D eigenvalue weighted by Crippen LogP contribution is 2.23. The molecule has 5 nitrogen and oxygen atoms in total. The van der Waals surface area contributed by atoms with Crippen LogP contribution in [0.4, 0.5) is 4.39 Å². The summed E-state index contributed by atoms with van der Waals surface area (Å²) in [4.78, 5) is 15.4. The first-order valence-electron chi connectivity index (χ1n) is 7.88. The summed E-state index contributed by atoms with van der Waals surface area (Å²) in [5, 5.41) is 9.04. The van der Waals surface area contributed by atoms with E-state index >= 15 is 0 Å². The lowest BCUT2D eigenvalue weighted by Gasteiger charge is -2.24. The largest absolute Gasteiger partial charge is 0.357 e. The van der Waals surface area contributed by atoms with E-state index < -0.39 is 0 Å². The van der Waals surface area contributed by atoms with Crippen molar-refractivity contribution >= 4 is 35.8 Å². The van der Waals surface area contributed by atoms with Crippen LogP contribution in [0.3, 0.4) is 0 Å². The summed E-state index contributed by atoms with van der Waals surface area (Å²) < 4.78 is 13.4. The second-order valence-electron chi connectivity index (χ2n) is 6.00. The average molecular weight is 450 g/mol. The first kappa shape index (κ1) is 22.6. The van der Waals surface area contributed by atoms with Gasteiger partial charge in [0.05, 0.1) is 6.54 Å². The monoisotopic (exact) mass is 450 g/mol. The number of carbonyl (C=O) groups is 1. The Balaban J connectivity index is 0.00000529. The van der Waals surface area contributed by atoms with Gasteiger partial charge in [-0.3, -0.25) is 9.79 Å². The number of benzene rings is 1. The number of nitrogens with zero attached hydrogens (tertiary/aromatic N) is 1. The number of hydrogen-bond acceptors (Lipinski definition) is 2. The van der Waals surface area contributed by atoms with Crippen LogP contribution in [0.1, 0.15) is 33.3 Å². The summed E-state index contributed by atoms with van der Waals surface area (Å²) in [6.45, 7) is 9.93. The molecule has 1 aromatic carbocycles. The number of carbonyl (C=O) groups excluding carboxylic acids is 1. The van der Waals surface area contributed by atoms with Gasteiger partial charge in [0.15, 0.2) is 5.96 Å². The Hall–Kier alpha value is -1.38. The Morgan fingerprint density at radius 1 is 1.21 bits per heavy atom. The van der Waals surface area contributed by atoms with E-state index in [1.165, 1.54) is 13.0 Å². The van der Waals surface area contributed by atoms with Gasteiger partial charge in [-0.2, -0.15) is 0 Å². The zero-order valence-electron chi connectivity index (χ0n) is 14.8. The SMILES string of the molecule is CCNC(=NCC(C)(C)c1cccc(F)c1)NCCNC(C)=O.I. The number of hydrogen-bond donors (Lipinski definition) is 3. The molecular weight excluding hydrogens is 422 g/mol. The van der Waals surface area contributed by atoms with Gasteiger partial charge in [-0.05, 0) is 24.6 Å². The molecule has 1 rings (SSSR count). The van der Waals surface area contributed by atoms with Crippen molar-refractivity contribution in [2.75, 3.05) is 26.2 Å². The van der Waals surface area contributed by atoms with Crippen LogP contribution in [0.5, 0.6) is 0 Å². The molecule has 0 unspecified atom stereocenters. The number of nitrogens with one attached hydrogen (secondary N) is 3. The second kappa shape index (κ2) is 11.2. The zero-order valence-corrected chi connectivity index (χ0v) is 17.1. The fourth-order valence-corrected chi connectivity index (χ4v) is 2.04. The first-order chi connectivity index (χ1) is 10.8. The lowest BCUT2D eigenvalue weighted by molar-refractivity contribution is -0.118. The van der Waals surface area contributed by atoms with E-state index in [9.17, 15) is 9.18 Å². The van der Waals surface area contributed by atoms with Crippen LogP contribution in [0.2, 0.25) is 0 Å². The van der Waals surface area contributed by atoms with Gasteiger partial charge in [-0.15, -0.1) is 24.0 Å². The van der Waals surface area contributed by atoms with Crippen molar-refractivity contribution in [3.8, 4) is 0 Å². The van der Waals surface area contributed by atoms with Crippen LogP contribution < -0.4 is 16.0 Å². The standard InChI is InChI=1S/C17H27FN4O.HI/c1-5-19-16(21-10-9-20-13(2)23)22-12-17(3,4)14-7-6-8-15(18)11-14;/h6-8,11H,5,9-10,12H2,1-4H3,(H,20,23)(H2,19,21,22);1H. The van der Waals surface area contributed by atoms with E-state index in [2.05, 4.69) is 20.9 Å². The quantitative estimate of drug-likeness (QED) is 0.259. The maximum Gasteiger partial charge on any atom is 0.216 e. The van der Waals surface area contributed by atoms with Gasteiger partial charge in [-0.25, -0.2) is 4.39 Å². The Labute approximate surface area is 160 Å². The normalized spacial score (nSPS) is 11.5. The van der Waals surface area contributed by atoms with Gasteiger partial charge in [0, 0.05) is 32.0 Å². The van der Waals surface area contributed by atoms with Crippen LogP contribution in [0.25, 0.3) is 0 Å². The summed E-state index contributed by atoms with van der Waals surface area (Å²) in [6.07, 6.45) is 0. The molecule has 0 aliphatic carbocycles. The predicted octanol–water partition coefficient (Wildman–Crippen LogP) is 2.41. The summed E-state index contributed by atoms with van der Waals surface area (Å²) in [5.41, 5.74) is 0.637. The highest BCUT2D eigenvalue weighted by atomic mass is 127. The lowest BCUT2D eigenvalue weighted by atomic mass is 9.85. The molecule has 24 heavy (non-hydrogen) atoms. The van der Waals surface area contributed by atoms with Crippen molar-refractivity contribution in [1.82, 2.24) is 16.0 Å². The number of rotatable bonds is 7. The van der Waals surface area contributed by atoms with E-state index in [1.54, 1.807) is 12.1 Å². The highest BCUT2D eigenvalue weighted by molar-refractivity contribution is 14.0. The molecule has 0 atom stereocenters. The number of guanidine groups is 1. The molecule has 0 spiro atoms. The van der Waals surface area contributed by atoms with Crippen molar-refractivity contribution in [3.05, 3.63) is 35.6 Å². The third-order valence-electron chi connectivity index (χ3n) is 3.37. The smallest absolute Gasteiger partial charge is 0.216 e. The molecular formula is C17H28FIN4O. The minimum absolute atomic E-state index is 0. The molecule has 0 aromatic heterocycles. The molecule has 0 bridgehead atoms. The molecule has 7 heteroatoms. The average Bonchev–Trinajstić information content (AvgIpc) is 2.49. The topological polar surface area (TPSA) is 65.5 Å². The van der Waals surface area contributed by atoms with Gasteiger partial charge < -0.3 is 16.0 Å². The van der Waals surface area contributed by atoms with Gasteiger partial charge in [0.25, 0.3) is 0 Å². The van der Waals surface area contributed by atoms with Crippen LogP contribution in [-0.2, 0) is 10.2 Å². The van der Waals surface area contributed by atoms with E-state index in [4.69, 9.17) is 0 Å². The summed E-state index contributed by atoms with van der Waals surface area (Å²) >= 11 is 0. The zero-order chi connectivity index (χ0) is 17.3. The molecule has 0 fully saturated rings. The van der Waals surface area contributed by atoms with Crippen LogP contribution in [0.15, 0.2) is 29.3 Å². The molecule has 0 heterocycles. The number of aliphatic imine (C=N–C) groups is 1. The lowest BCUT2D eigenvalue weighted by Crippen LogP contribution is -2.42. The van der Waals surface area contributed by atoms with Gasteiger partial charge >= 0.3 is 0 Å². The molecule has 1 amide bonds. The van der Waals surface area contributed by atoms with Crippen molar-refractivity contribution < 1.29 is 9.18 Å². The second-order valence-corrected chi connectivity index (χ2v) is 6.00. The van der Waals surface area contributed by atoms with Crippen LogP contribution in [0, 0.1) is 5.82 Å². The van der Waals surface area contributed by atoms with E-state index in [-0.39, 0.29) is 41.1 Å². The summed E-state index contributed by atoms with van der Waals surface area (Å²) in [5.74, 6) is 0.392. The molecule has 0 saturated carbocycles. The fraction of sp³-hybridized carbons (Fsp3) is 0.529. The summed E-state index contributed by atoms with van der Waals surface area (Å²) in [6, 6.07) is 6.62. The number of halogens is 2. The van der Waals surface area contributed by atoms with E-state index in [1.807, 2.05) is 26.8 Å². The van der Waals surface area contributed by atoms with Crippen molar-refractivity contribution in [2.24, 2.45) is 4.99 Å². The number of amides is 1. The van der Waals surface area contributed by atoms with E-state index in [0.717, 1.165) is 12.1 Å². The molecule has 3 N–H and O–H groups in total. The van der Waals surface area contributed by atoms with Gasteiger partial charge in [-0.1, -0.05) is 26.0 Å². The predicted molar refractivity (Wildman–Crippen MR) is 108 cm³/mol. The fourth-order valence-electron chi connectivity index (χ4n) is 2.04. The molecule has 0 aliphatic rings. The Bertz CT molecular complexity index is 549. The van der Waals surface area contributed by atoms with E-state index in [0.29, 0.717) is 25.6 Å². The molecule has 136 valence electrons. The minimum Gasteiger partial charge on any atom is -0.357 e. The van der Waals surface area contributed by atoms with Crippen molar-refractivity contribution in [2.45, 2.75) is 33.1 Å². The molecule has 1 aromatic rings. The van der Waals surface area contributed by atoms with Crippen molar-refractivity contribution in [3.63, 3.8) is 0 Å². The van der Waals surface area contributed by atoms with Crippen molar-refractivity contribution in [1.29, 1.82) is 0 Å². The molecule has 0 aliphatic heterocycles. The molecule has 0 radical (unpaired) electrons. The third-order valence-corrected chi connectivity index (χ3v) is 3.37. The molecule has 0 saturated heterocycles. The Morgan fingerprint density at radius 2 is 1.88 bits per heavy atom. The van der Waals surface area contributed by atoms with Crippen LogP contribution in [-0.4, -0.2) is 38.0 Å². The minimum atomic E-state index is -0.276. The maximum atomic E-state index is 13.4. The summed E-state index contributed by atoms with van der Waals surface area (Å²) in [7, 11) is 0.